The van der Waals surface area contributed by atoms with Gasteiger partial charge >= 0.3 is 0 Å². The second-order valence-electron chi connectivity index (χ2n) is 4.43. The van der Waals surface area contributed by atoms with Gasteiger partial charge in [0.05, 0.1) is 15.2 Å². The van der Waals surface area contributed by atoms with Crippen molar-refractivity contribution in [3.05, 3.63) is 23.2 Å². The lowest BCUT2D eigenvalue weighted by Crippen LogP contribution is -2.34. The summed E-state index contributed by atoms with van der Waals surface area (Å²) >= 11 is 1.73. The molecule has 1 aromatic heterocycles. The van der Waals surface area contributed by atoms with Gasteiger partial charge in [-0.2, -0.15) is 0 Å². The lowest BCUT2D eigenvalue weighted by Gasteiger charge is -2.23. The van der Waals surface area contributed by atoms with E-state index in [0.29, 0.717) is 6.10 Å². The highest BCUT2D eigenvalue weighted by atomic mass is 32.1. The van der Waals surface area contributed by atoms with Crippen LogP contribution < -0.4 is 10.1 Å². The molecule has 1 fully saturated rings. The van der Waals surface area contributed by atoms with Crippen molar-refractivity contribution in [1.29, 1.82) is 0 Å². The van der Waals surface area contributed by atoms with Crippen molar-refractivity contribution in [2.45, 2.75) is 25.9 Å². The van der Waals surface area contributed by atoms with Crippen molar-refractivity contribution in [2.75, 3.05) is 13.1 Å². The molecule has 17 heavy (non-hydrogen) atoms. The zero-order valence-corrected chi connectivity index (χ0v) is 10.7. The molecule has 3 rings (SSSR count). The van der Waals surface area contributed by atoms with Crippen molar-refractivity contribution in [2.24, 2.45) is 0 Å². The van der Waals surface area contributed by atoms with Crippen LogP contribution in [-0.2, 0) is 0 Å². The molecule has 4 heteroatoms. The van der Waals surface area contributed by atoms with E-state index in [9.17, 15) is 0 Å². The summed E-state index contributed by atoms with van der Waals surface area (Å²) in [4.78, 5) is 4.49. The molecule has 0 radical (unpaired) electrons. The molecule has 1 aliphatic rings. The number of benzene rings is 1. The molecule has 0 spiro atoms. The lowest BCUT2D eigenvalue weighted by atomic mass is 10.1. The Balaban J connectivity index is 1.79. The molecular weight excluding hydrogens is 232 g/mol. The minimum atomic E-state index is 0.355. The zero-order chi connectivity index (χ0) is 11.7. The fraction of sp³-hybridized carbons (Fsp3) is 0.462. The first-order valence-electron chi connectivity index (χ1n) is 6.06. The summed E-state index contributed by atoms with van der Waals surface area (Å²) in [6.07, 6.45) is 2.54. The van der Waals surface area contributed by atoms with E-state index in [0.717, 1.165) is 42.2 Å². The molecule has 0 amide bonds. The number of ether oxygens (including phenoxy) is 1. The average molecular weight is 248 g/mol. The first-order chi connectivity index (χ1) is 8.31. The molecule has 1 aliphatic heterocycles. The van der Waals surface area contributed by atoms with Crippen LogP contribution >= 0.6 is 11.3 Å². The second-order valence-corrected chi connectivity index (χ2v) is 5.66. The number of nitrogens with zero attached hydrogens (tertiary/aromatic N) is 1. The Hall–Kier alpha value is -1.13. The van der Waals surface area contributed by atoms with Gasteiger partial charge in [0.2, 0.25) is 0 Å². The standard InChI is InChI=1S/C13H16N2OS/c1-9-15-12-8-11(2-3-13(12)17-9)16-10-4-6-14-7-5-10/h2-3,8,10,14H,4-7H2,1H3. The van der Waals surface area contributed by atoms with Crippen LogP contribution in [0.1, 0.15) is 17.8 Å². The number of piperidine rings is 1. The molecule has 3 nitrogen and oxygen atoms in total. The largest absolute Gasteiger partial charge is 0.490 e. The van der Waals surface area contributed by atoms with Crippen molar-refractivity contribution in [3.8, 4) is 5.75 Å². The van der Waals surface area contributed by atoms with Gasteiger partial charge in [-0.1, -0.05) is 0 Å². The number of thiazole rings is 1. The summed E-state index contributed by atoms with van der Waals surface area (Å²) in [6, 6.07) is 6.22. The topological polar surface area (TPSA) is 34.1 Å². The van der Waals surface area contributed by atoms with Gasteiger partial charge in [0.1, 0.15) is 11.9 Å². The molecule has 0 unspecified atom stereocenters. The fourth-order valence-electron chi connectivity index (χ4n) is 2.20. The number of nitrogens with one attached hydrogen (secondary N) is 1. The minimum Gasteiger partial charge on any atom is -0.490 e. The first kappa shape index (κ1) is 11.0. The van der Waals surface area contributed by atoms with Crippen LogP contribution in [-0.4, -0.2) is 24.2 Å². The Morgan fingerprint density at radius 1 is 1.35 bits per heavy atom. The molecule has 1 N–H and O–H groups in total. The predicted octanol–water partition coefficient (Wildman–Crippen LogP) is 2.74. The minimum absolute atomic E-state index is 0.355. The van der Waals surface area contributed by atoms with Gasteiger partial charge in [0.15, 0.2) is 0 Å². The van der Waals surface area contributed by atoms with E-state index in [4.69, 9.17) is 4.74 Å². The smallest absolute Gasteiger partial charge is 0.121 e. The van der Waals surface area contributed by atoms with E-state index in [1.54, 1.807) is 11.3 Å². The van der Waals surface area contributed by atoms with Crippen LogP contribution in [0.15, 0.2) is 18.2 Å². The summed E-state index contributed by atoms with van der Waals surface area (Å²) in [5.74, 6) is 0.953. The molecule has 1 saturated heterocycles. The molecule has 1 aromatic carbocycles. The summed E-state index contributed by atoms with van der Waals surface area (Å²) in [5.41, 5.74) is 1.05. The molecule has 2 aromatic rings. The van der Waals surface area contributed by atoms with Gasteiger partial charge in [-0.05, 0) is 45.0 Å². The SMILES string of the molecule is Cc1nc2cc(OC3CCNCC3)ccc2s1. The molecule has 90 valence electrons. The molecule has 0 atom stereocenters. The third-order valence-corrected chi connectivity index (χ3v) is 4.01. The van der Waals surface area contributed by atoms with Gasteiger partial charge in [-0.3, -0.25) is 0 Å². The van der Waals surface area contributed by atoms with Gasteiger partial charge < -0.3 is 10.1 Å². The normalized spacial score (nSPS) is 17.5. The maximum atomic E-state index is 6.00. The predicted molar refractivity (Wildman–Crippen MR) is 70.9 cm³/mol. The van der Waals surface area contributed by atoms with Crippen LogP contribution in [0.25, 0.3) is 10.2 Å². The quantitative estimate of drug-likeness (QED) is 0.887. The van der Waals surface area contributed by atoms with Crippen molar-refractivity contribution < 1.29 is 4.74 Å². The van der Waals surface area contributed by atoms with E-state index in [1.165, 1.54) is 4.70 Å². The summed E-state index contributed by atoms with van der Waals surface area (Å²) in [7, 11) is 0. The van der Waals surface area contributed by atoms with Crippen LogP contribution in [0.3, 0.4) is 0 Å². The fourth-order valence-corrected chi connectivity index (χ4v) is 3.01. The Labute approximate surface area is 105 Å². The summed E-state index contributed by atoms with van der Waals surface area (Å²) in [5, 5.41) is 4.45. The summed E-state index contributed by atoms with van der Waals surface area (Å²) < 4.78 is 7.23. The van der Waals surface area contributed by atoms with Gasteiger partial charge in [-0.25, -0.2) is 4.98 Å². The highest BCUT2D eigenvalue weighted by Crippen LogP contribution is 2.26. The zero-order valence-electron chi connectivity index (χ0n) is 9.90. The Kier molecular flexibility index (Phi) is 2.99. The number of rotatable bonds is 2. The van der Waals surface area contributed by atoms with Crippen molar-refractivity contribution >= 4 is 21.6 Å². The van der Waals surface area contributed by atoms with E-state index in [2.05, 4.69) is 28.5 Å². The highest BCUT2D eigenvalue weighted by molar-refractivity contribution is 7.18. The van der Waals surface area contributed by atoms with E-state index < -0.39 is 0 Å². The lowest BCUT2D eigenvalue weighted by molar-refractivity contribution is 0.162. The van der Waals surface area contributed by atoms with E-state index >= 15 is 0 Å². The third-order valence-electron chi connectivity index (χ3n) is 3.05. The molecule has 0 bridgehead atoms. The third kappa shape index (κ3) is 2.42. The second kappa shape index (κ2) is 4.63. The van der Waals surface area contributed by atoms with Gasteiger partial charge in [-0.15, -0.1) is 11.3 Å². The van der Waals surface area contributed by atoms with Crippen LogP contribution in [0, 0.1) is 6.92 Å². The highest BCUT2D eigenvalue weighted by Gasteiger charge is 2.14. The summed E-state index contributed by atoms with van der Waals surface area (Å²) in [6.45, 7) is 4.16. The number of hydrogen-bond donors (Lipinski definition) is 1. The molecular formula is C13H16N2OS. The molecule has 0 aliphatic carbocycles. The van der Waals surface area contributed by atoms with Crippen LogP contribution in [0.2, 0.25) is 0 Å². The van der Waals surface area contributed by atoms with E-state index in [1.807, 2.05) is 6.92 Å². The number of hydrogen-bond acceptors (Lipinski definition) is 4. The van der Waals surface area contributed by atoms with Gasteiger partial charge in [0.25, 0.3) is 0 Å². The Morgan fingerprint density at radius 3 is 3.00 bits per heavy atom. The Morgan fingerprint density at radius 2 is 2.18 bits per heavy atom. The first-order valence-corrected chi connectivity index (χ1v) is 6.87. The number of fused-ring (bicyclic) bond motifs is 1. The van der Waals surface area contributed by atoms with Gasteiger partial charge in [0, 0.05) is 6.07 Å². The number of aromatic nitrogens is 1. The Bertz CT molecular complexity index is 517. The van der Waals surface area contributed by atoms with Crippen molar-refractivity contribution in [1.82, 2.24) is 10.3 Å². The maximum Gasteiger partial charge on any atom is 0.121 e. The maximum absolute atomic E-state index is 6.00. The van der Waals surface area contributed by atoms with Crippen molar-refractivity contribution in [3.63, 3.8) is 0 Å². The monoisotopic (exact) mass is 248 g/mol. The van der Waals surface area contributed by atoms with Crippen LogP contribution in [0.4, 0.5) is 0 Å². The number of aryl methyl sites for hydroxylation is 1. The molecule has 2 heterocycles. The van der Waals surface area contributed by atoms with Crippen LogP contribution in [0.5, 0.6) is 5.75 Å². The van der Waals surface area contributed by atoms with E-state index in [-0.39, 0.29) is 0 Å². The molecule has 0 saturated carbocycles. The average Bonchev–Trinajstić information content (AvgIpc) is 2.70.